The molecule has 1 atom stereocenters. The third-order valence-corrected chi connectivity index (χ3v) is 6.48. The molecule has 6 nitrogen and oxygen atoms in total. The molecule has 1 aromatic heterocycles. The van der Waals surface area contributed by atoms with E-state index < -0.39 is 11.9 Å². The van der Waals surface area contributed by atoms with Crippen LogP contribution >= 0.6 is 11.3 Å². The van der Waals surface area contributed by atoms with Crippen LogP contribution in [0.2, 0.25) is 0 Å². The largest absolute Gasteiger partial charge is 0.490 e. The number of rotatable bonds is 5. The lowest BCUT2D eigenvalue weighted by molar-refractivity contribution is 0.0733. The zero-order valence-corrected chi connectivity index (χ0v) is 19.1. The van der Waals surface area contributed by atoms with Crippen molar-refractivity contribution in [2.45, 2.75) is 12.8 Å². The van der Waals surface area contributed by atoms with E-state index in [0.717, 1.165) is 21.9 Å². The monoisotopic (exact) mass is 468 g/mol. The van der Waals surface area contributed by atoms with Crippen LogP contribution in [0.1, 0.15) is 33.6 Å². The molecule has 0 bridgehead atoms. The summed E-state index contributed by atoms with van der Waals surface area (Å²) in [6, 6.07) is 22.8. The summed E-state index contributed by atoms with van der Waals surface area (Å²) in [7, 11) is 0. The van der Waals surface area contributed by atoms with E-state index in [0.29, 0.717) is 34.3 Å². The number of carbonyl (C=O) groups is 1. The van der Waals surface area contributed by atoms with Gasteiger partial charge >= 0.3 is 5.97 Å². The number of carbonyl (C=O) groups excluding carboxylic acids is 1. The number of nitriles is 1. The lowest BCUT2D eigenvalue weighted by atomic mass is 9.82. The zero-order chi connectivity index (χ0) is 23.7. The van der Waals surface area contributed by atoms with Crippen molar-refractivity contribution in [1.82, 2.24) is 0 Å². The van der Waals surface area contributed by atoms with Crippen molar-refractivity contribution in [1.29, 1.82) is 5.26 Å². The number of fused-ring (bicyclic) bond motifs is 3. The highest BCUT2D eigenvalue weighted by atomic mass is 32.1. The minimum Gasteiger partial charge on any atom is -0.490 e. The minimum absolute atomic E-state index is 0.0718. The van der Waals surface area contributed by atoms with Crippen LogP contribution in [-0.4, -0.2) is 12.6 Å². The molecule has 2 N–H and O–H groups in total. The van der Waals surface area contributed by atoms with E-state index in [2.05, 4.69) is 6.07 Å². The van der Waals surface area contributed by atoms with E-state index in [9.17, 15) is 10.1 Å². The predicted molar refractivity (Wildman–Crippen MR) is 130 cm³/mol. The van der Waals surface area contributed by atoms with Gasteiger partial charge in [-0.1, -0.05) is 48.5 Å². The van der Waals surface area contributed by atoms with Gasteiger partial charge in [-0.25, -0.2) is 4.79 Å². The second-order valence-electron chi connectivity index (χ2n) is 7.64. The van der Waals surface area contributed by atoms with E-state index >= 15 is 0 Å². The second-order valence-corrected chi connectivity index (χ2v) is 8.58. The second kappa shape index (κ2) is 8.93. The van der Waals surface area contributed by atoms with E-state index in [-0.39, 0.29) is 5.88 Å². The highest BCUT2D eigenvalue weighted by Crippen LogP contribution is 2.46. The third kappa shape index (κ3) is 3.74. The van der Waals surface area contributed by atoms with E-state index in [1.54, 1.807) is 24.3 Å². The molecule has 5 rings (SSSR count). The Balaban J connectivity index is 1.61. The van der Waals surface area contributed by atoms with E-state index in [1.165, 1.54) is 11.3 Å². The predicted octanol–water partition coefficient (Wildman–Crippen LogP) is 5.74. The fourth-order valence-electron chi connectivity index (χ4n) is 4.13. The van der Waals surface area contributed by atoms with Gasteiger partial charge in [0.15, 0.2) is 11.5 Å². The first kappa shape index (κ1) is 21.6. The van der Waals surface area contributed by atoms with Crippen LogP contribution in [0.4, 0.5) is 0 Å². The van der Waals surface area contributed by atoms with Crippen LogP contribution in [0, 0.1) is 11.3 Å². The first-order chi connectivity index (χ1) is 16.6. The fraction of sp³-hybridized carbons (Fsp3) is 0.111. The van der Waals surface area contributed by atoms with Gasteiger partial charge in [-0.15, -0.1) is 11.3 Å². The van der Waals surface area contributed by atoms with Gasteiger partial charge in [0.25, 0.3) is 0 Å². The Hall–Kier alpha value is -4.28. The summed E-state index contributed by atoms with van der Waals surface area (Å²) in [5.74, 6) is 0.515. The highest BCUT2D eigenvalue weighted by molar-refractivity contribution is 7.12. The number of benzene rings is 3. The van der Waals surface area contributed by atoms with Gasteiger partial charge in [-0.3, -0.25) is 0 Å². The molecule has 0 spiro atoms. The first-order valence-electron chi connectivity index (χ1n) is 10.7. The van der Waals surface area contributed by atoms with Crippen LogP contribution in [0.3, 0.4) is 0 Å². The standard InChI is InChI=1S/C27H20N2O4S/c1-2-31-22-14-17(10-12-21(22)32-27(30)23-8-5-13-34-23)24-19-11-9-16-6-3-4-7-18(16)25(19)33-26(29)20(24)15-28/h3-14,24H,2,29H2,1H3/t24-/m0/s1. The van der Waals surface area contributed by atoms with Gasteiger partial charge in [0.05, 0.1) is 12.5 Å². The molecule has 4 aromatic rings. The molecule has 0 fully saturated rings. The first-order valence-corrected chi connectivity index (χ1v) is 11.6. The number of nitrogens with zero attached hydrogens (tertiary/aromatic N) is 1. The molecular weight excluding hydrogens is 448 g/mol. The molecule has 0 saturated heterocycles. The number of thiophene rings is 1. The van der Waals surface area contributed by atoms with Crippen LogP contribution in [0.15, 0.2) is 83.6 Å². The molecular formula is C27H20N2O4S. The molecule has 7 heteroatoms. The molecule has 3 aromatic carbocycles. The number of hydrogen-bond donors (Lipinski definition) is 1. The maximum absolute atomic E-state index is 12.5. The van der Waals surface area contributed by atoms with Crippen LogP contribution < -0.4 is 19.9 Å². The molecule has 34 heavy (non-hydrogen) atoms. The smallest absolute Gasteiger partial charge is 0.353 e. The summed E-state index contributed by atoms with van der Waals surface area (Å²) in [4.78, 5) is 13.0. The van der Waals surface area contributed by atoms with Crippen molar-refractivity contribution in [2.24, 2.45) is 5.73 Å². The summed E-state index contributed by atoms with van der Waals surface area (Å²) >= 11 is 1.31. The van der Waals surface area contributed by atoms with Crippen molar-refractivity contribution in [2.75, 3.05) is 6.61 Å². The average molecular weight is 469 g/mol. The Bertz CT molecular complexity index is 1470. The fourth-order valence-corrected chi connectivity index (χ4v) is 4.73. The Kier molecular flexibility index (Phi) is 5.66. The molecule has 0 saturated carbocycles. The molecule has 168 valence electrons. The topological polar surface area (TPSA) is 94.6 Å². The van der Waals surface area contributed by atoms with Crippen molar-refractivity contribution >= 4 is 28.1 Å². The van der Waals surface area contributed by atoms with Gasteiger partial charge in [-0.05, 0) is 41.5 Å². The SMILES string of the molecule is CCOc1cc([C@@H]2C(C#N)=C(N)Oc3c2ccc2ccccc32)ccc1OC(=O)c1cccs1. The van der Waals surface area contributed by atoms with E-state index in [1.807, 2.05) is 54.8 Å². The van der Waals surface area contributed by atoms with Gasteiger partial charge in [0.1, 0.15) is 22.3 Å². The Morgan fingerprint density at radius 3 is 2.74 bits per heavy atom. The molecule has 2 heterocycles. The summed E-state index contributed by atoms with van der Waals surface area (Å²) in [5.41, 5.74) is 8.12. The Morgan fingerprint density at radius 1 is 1.12 bits per heavy atom. The Labute approximate surface area is 200 Å². The van der Waals surface area contributed by atoms with Gasteiger partial charge in [0, 0.05) is 10.9 Å². The maximum Gasteiger partial charge on any atom is 0.353 e. The van der Waals surface area contributed by atoms with Crippen molar-refractivity contribution < 1.29 is 19.0 Å². The molecule has 0 radical (unpaired) electrons. The Morgan fingerprint density at radius 2 is 1.97 bits per heavy atom. The van der Waals surface area contributed by atoms with Gasteiger partial charge in [-0.2, -0.15) is 5.26 Å². The average Bonchev–Trinajstić information content (AvgIpc) is 3.40. The number of hydrogen-bond acceptors (Lipinski definition) is 7. The quantitative estimate of drug-likeness (QED) is 0.297. The van der Waals surface area contributed by atoms with Crippen molar-refractivity contribution in [3.05, 3.63) is 99.6 Å². The van der Waals surface area contributed by atoms with Crippen LogP contribution in [0.5, 0.6) is 17.2 Å². The van der Waals surface area contributed by atoms with Crippen molar-refractivity contribution in [3.8, 4) is 23.3 Å². The summed E-state index contributed by atoms with van der Waals surface area (Å²) in [5, 5.41) is 13.7. The third-order valence-electron chi connectivity index (χ3n) is 5.63. The molecule has 1 aliphatic heterocycles. The molecule has 0 unspecified atom stereocenters. The summed E-state index contributed by atoms with van der Waals surface area (Å²) < 4.78 is 17.3. The van der Waals surface area contributed by atoms with Crippen LogP contribution in [-0.2, 0) is 0 Å². The lowest BCUT2D eigenvalue weighted by Gasteiger charge is -2.28. The summed E-state index contributed by atoms with van der Waals surface area (Å²) in [6.45, 7) is 2.23. The number of esters is 1. The van der Waals surface area contributed by atoms with Gasteiger partial charge in [0.2, 0.25) is 5.88 Å². The number of allylic oxidation sites excluding steroid dienone is 1. The molecule has 0 amide bonds. The lowest BCUT2D eigenvalue weighted by Crippen LogP contribution is -2.21. The molecule has 1 aliphatic rings. The summed E-state index contributed by atoms with van der Waals surface area (Å²) in [6.07, 6.45) is 0. The zero-order valence-electron chi connectivity index (χ0n) is 18.3. The van der Waals surface area contributed by atoms with Gasteiger partial charge < -0.3 is 19.9 Å². The maximum atomic E-state index is 12.5. The molecule has 0 aliphatic carbocycles. The minimum atomic E-state index is -0.459. The highest BCUT2D eigenvalue weighted by Gasteiger charge is 2.32. The van der Waals surface area contributed by atoms with E-state index in [4.69, 9.17) is 19.9 Å². The number of ether oxygens (including phenoxy) is 3. The van der Waals surface area contributed by atoms with Crippen LogP contribution in [0.25, 0.3) is 10.8 Å². The number of nitrogens with two attached hydrogens (primary N) is 1. The normalized spacial score (nSPS) is 14.8. The van der Waals surface area contributed by atoms with Crippen molar-refractivity contribution in [3.63, 3.8) is 0 Å².